The number of carbonyl (C=O) groups excluding carboxylic acids is 1. The summed E-state index contributed by atoms with van der Waals surface area (Å²) in [6.45, 7) is 0. The molecule has 1 aromatic heterocycles. The molecule has 6 nitrogen and oxygen atoms in total. The predicted molar refractivity (Wildman–Crippen MR) is 98.4 cm³/mol. The van der Waals surface area contributed by atoms with Gasteiger partial charge in [0.25, 0.3) is 5.69 Å². The van der Waals surface area contributed by atoms with Crippen molar-refractivity contribution in [3.63, 3.8) is 0 Å². The highest BCUT2D eigenvalue weighted by atomic mass is 16.6. The van der Waals surface area contributed by atoms with E-state index in [2.05, 4.69) is 6.07 Å². The Kier molecular flexibility index (Phi) is 3.76. The Morgan fingerprint density at radius 2 is 2.00 bits per heavy atom. The maximum absolute atomic E-state index is 12.0. The van der Waals surface area contributed by atoms with Crippen molar-refractivity contribution in [1.82, 2.24) is 4.57 Å². The summed E-state index contributed by atoms with van der Waals surface area (Å²) in [5.74, 6) is -0.558. The number of hydrogen-bond donors (Lipinski definition) is 0. The SMILES string of the molecule is COC(=O)c1cc2c(c([N+](=O)[O-])c1)-c1c(c3ccccc3n1C)CCC2. The average molecular weight is 350 g/mol. The average Bonchev–Trinajstić information content (AvgIpc) is 2.80. The Hall–Kier alpha value is -3.15. The number of esters is 1. The van der Waals surface area contributed by atoms with E-state index in [-0.39, 0.29) is 11.3 Å². The summed E-state index contributed by atoms with van der Waals surface area (Å²) >= 11 is 0. The minimum atomic E-state index is -0.558. The van der Waals surface area contributed by atoms with Crippen LogP contribution in [0, 0.1) is 10.1 Å². The van der Waals surface area contributed by atoms with Gasteiger partial charge in [-0.3, -0.25) is 10.1 Å². The molecule has 0 bridgehead atoms. The molecule has 0 spiro atoms. The summed E-state index contributed by atoms with van der Waals surface area (Å²) in [6.07, 6.45) is 2.40. The van der Waals surface area contributed by atoms with Crippen LogP contribution >= 0.6 is 0 Å². The molecule has 1 aliphatic carbocycles. The molecular formula is C20H18N2O4. The summed E-state index contributed by atoms with van der Waals surface area (Å²) in [5.41, 5.74) is 4.68. The third-order valence-electron chi connectivity index (χ3n) is 5.14. The van der Waals surface area contributed by atoms with Gasteiger partial charge < -0.3 is 9.30 Å². The van der Waals surface area contributed by atoms with E-state index >= 15 is 0 Å². The zero-order valence-electron chi connectivity index (χ0n) is 14.6. The number of aryl methyl sites for hydroxylation is 3. The first-order valence-electron chi connectivity index (χ1n) is 8.49. The lowest BCUT2D eigenvalue weighted by Gasteiger charge is -2.12. The zero-order valence-corrected chi connectivity index (χ0v) is 14.6. The number of nitro groups is 1. The molecule has 0 unspecified atom stereocenters. The van der Waals surface area contributed by atoms with E-state index in [1.165, 1.54) is 13.2 Å². The molecule has 0 atom stereocenters. The van der Waals surface area contributed by atoms with Crippen LogP contribution in [0.5, 0.6) is 0 Å². The summed E-state index contributed by atoms with van der Waals surface area (Å²) in [4.78, 5) is 23.4. The maximum Gasteiger partial charge on any atom is 0.338 e. The minimum Gasteiger partial charge on any atom is -0.465 e. The quantitative estimate of drug-likeness (QED) is 0.397. The second-order valence-electron chi connectivity index (χ2n) is 6.54. The van der Waals surface area contributed by atoms with Crippen molar-refractivity contribution in [3.8, 4) is 11.3 Å². The number of methoxy groups -OCH3 is 1. The van der Waals surface area contributed by atoms with Gasteiger partial charge in [-0.2, -0.15) is 0 Å². The lowest BCUT2D eigenvalue weighted by molar-refractivity contribution is -0.384. The Balaban J connectivity index is 2.10. The van der Waals surface area contributed by atoms with Gasteiger partial charge in [0.2, 0.25) is 0 Å². The number of hydrogen-bond acceptors (Lipinski definition) is 4. The van der Waals surface area contributed by atoms with E-state index in [0.29, 0.717) is 12.0 Å². The van der Waals surface area contributed by atoms with Crippen molar-refractivity contribution in [1.29, 1.82) is 0 Å². The summed E-state index contributed by atoms with van der Waals surface area (Å²) in [7, 11) is 3.22. The fourth-order valence-electron chi connectivity index (χ4n) is 4.03. The number of nitrogens with zero attached hydrogens (tertiary/aromatic N) is 2. The first kappa shape index (κ1) is 16.3. The number of carbonyl (C=O) groups is 1. The molecule has 6 heteroatoms. The molecule has 26 heavy (non-hydrogen) atoms. The molecular weight excluding hydrogens is 332 g/mol. The first-order chi connectivity index (χ1) is 12.5. The van der Waals surface area contributed by atoms with Crippen LogP contribution in [-0.4, -0.2) is 22.6 Å². The first-order valence-corrected chi connectivity index (χ1v) is 8.49. The maximum atomic E-state index is 12.0. The Morgan fingerprint density at radius 3 is 2.73 bits per heavy atom. The summed E-state index contributed by atoms with van der Waals surface area (Å²) in [5, 5.41) is 13.0. The topological polar surface area (TPSA) is 74.4 Å². The van der Waals surface area contributed by atoms with Gasteiger partial charge >= 0.3 is 5.97 Å². The van der Waals surface area contributed by atoms with Crippen LogP contribution in [0.15, 0.2) is 36.4 Å². The lowest BCUT2D eigenvalue weighted by Crippen LogP contribution is -2.06. The predicted octanol–water partition coefficient (Wildman–Crippen LogP) is 4.03. The number of rotatable bonds is 2. The van der Waals surface area contributed by atoms with Crippen LogP contribution in [-0.2, 0) is 24.6 Å². The Labute approximate surface area is 150 Å². The summed E-state index contributed by atoms with van der Waals surface area (Å²) < 4.78 is 6.80. The molecule has 0 N–H and O–H groups in total. The highest BCUT2D eigenvalue weighted by Crippen LogP contribution is 2.43. The molecule has 0 amide bonds. The second-order valence-corrected chi connectivity index (χ2v) is 6.54. The van der Waals surface area contributed by atoms with E-state index in [0.717, 1.165) is 40.6 Å². The third kappa shape index (κ3) is 2.29. The fourth-order valence-corrected chi connectivity index (χ4v) is 4.03. The highest BCUT2D eigenvalue weighted by molar-refractivity contribution is 5.97. The number of ether oxygens (including phenoxy) is 1. The lowest BCUT2D eigenvalue weighted by atomic mass is 9.97. The number of benzene rings is 2. The fraction of sp³-hybridized carbons (Fsp3) is 0.250. The van der Waals surface area contributed by atoms with Crippen molar-refractivity contribution in [2.24, 2.45) is 7.05 Å². The van der Waals surface area contributed by atoms with Gasteiger partial charge in [-0.15, -0.1) is 0 Å². The molecule has 0 aliphatic heterocycles. The van der Waals surface area contributed by atoms with E-state index < -0.39 is 10.9 Å². The Bertz CT molecular complexity index is 1070. The van der Waals surface area contributed by atoms with Crippen LogP contribution in [0.1, 0.15) is 27.9 Å². The molecule has 0 saturated carbocycles. The van der Waals surface area contributed by atoms with Crippen molar-refractivity contribution in [2.45, 2.75) is 19.3 Å². The molecule has 0 fully saturated rings. The van der Waals surface area contributed by atoms with Crippen LogP contribution in [0.3, 0.4) is 0 Å². The molecule has 0 radical (unpaired) electrons. The van der Waals surface area contributed by atoms with E-state index in [9.17, 15) is 14.9 Å². The van der Waals surface area contributed by atoms with Gasteiger partial charge in [0.05, 0.1) is 28.9 Å². The smallest absolute Gasteiger partial charge is 0.338 e. The second kappa shape index (κ2) is 5.98. The highest BCUT2D eigenvalue weighted by Gasteiger charge is 2.30. The van der Waals surface area contributed by atoms with Crippen LogP contribution in [0.4, 0.5) is 5.69 Å². The number of aromatic nitrogens is 1. The summed E-state index contributed by atoms with van der Waals surface area (Å²) in [6, 6.07) is 11.1. The minimum absolute atomic E-state index is 0.0445. The van der Waals surface area contributed by atoms with Gasteiger partial charge in [-0.1, -0.05) is 18.2 Å². The van der Waals surface area contributed by atoms with Crippen molar-refractivity contribution < 1.29 is 14.5 Å². The molecule has 4 rings (SSSR count). The third-order valence-corrected chi connectivity index (χ3v) is 5.14. The molecule has 132 valence electrons. The Morgan fingerprint density at radius 1 is 1.23 bits per heavy atom. The molecule has 2 aromatic carbocycles. The van der Waals surface area contributed by atoms with Crippen LogP contribution in [0.25, 0.3) is 22.2 Å². The number of fused-ring (bicyclic) bond motifs is 5. The van der Waals surface area contributed by atoms with Gasteiger partial charge in [0, 0.05) is 24.0 Å². The number of para-hydroxylation sites is 1. The normalized spacial score (nSPS) is 13.0. The van der Waals surface area contributed by atoms with Gasteiger partial charge in [-0.25, -0.2) is 4.79 Å². The van der Waals surface area contributed by atoms with Gasteiger partial charge in [0.15, 0.2) is 0 Å². The standard InChI is InChI=1S/C20H18N2O4/c1-21-16-9-4-3-7-14(16)15-8-5-6-12-10-13(20(23)26-2)11-17(22(24)25)18(12)19(15)21/h3-4,7,9-11H,5-6,8H2,1-2H3. The van der Waals surface area contributed by atoms with Crippen molar-refractivity contribution >= 4 is 22.6 Å². The van der Waals surface area contributed by atoms with Crippen molar-refractivity contribution in [3.05, 3.63) is 63.2 Å². The molecule has 1 aliphatic rings. The molecule has 0 saturated heterocycles. The van der Waals surface area contributed by atoms with E-state index in [1.54, 1.807) is 6.07 Å². The molecule has 1 heterocycles. The van der Waals surface area contributed by atoms with Gasteiger partial charge in [-0.05, 0) is 42.5 Å². The van der Waals surface area contributed by atoms with Crippen molar-refractivity contribution in [2.75, 3.05) is 7.11 Å². The van der Waals surface area contributed by atoms with Crippen LogP contribution < -0.4 is 0 Å². The van der Waals surface area contributed by atoms with E-state index in [4.69, 9.17) is 4.74 Å². The zero-order chi connectivity index (χ0) is 18.4. The number of nitro benzene ring substituents is 1. The largest absolute Gasteiger partial charge is 0.465 e. The monoisotopic (exact) mass is 350 g/mol. The van der Waals surface area contributed by atoms with E-state index in [1.807, 2.05) is 29.8 Å². The van der Waals surface area contributed by atoms with Crippen LogP contribution in [0.2, 0.25) is 0 Å². The van der Waals surface area contributed by atoms with Gasteiger partial charge in [0.1, 0.15) is 0 Å². The molecule has 3 aromatic rings.